The summed E-state index contributed by atoms with van der Waals surface area (Å²) in [6.45, 7) is 5.32. The highest BCUT2D eigenvalue weighted by Crippen LogP contribution is 2.26. The molecule has 0 fully saturated rings. The van der Waals surface area contributed by atoms with E-state index in [-0.39, 0.29) is 5.54 Å². The summed E-state index contributed by atoms with van der Waals surface area (Å²) < 4.78 is 0. The molecular formula is C15H19N3S. The number of para-hydroxylation sites is 1. The van der Waals surface area contributed by atoms with E-state index >= 15 is 0 Å². The highest BCUT2D eigenvalue weighted by Gasteiger charge is 2.26. The van der Waals surface area contributed by atoms with E-state index in [9.17, 15) is 0 Å². The maximum Gasteiger partial charge on any atom is 0.112 e. The van der Waals surface area contributed by atoms with Crippen LogP contribution < -0.4 is 10.6 Å². The monoisotopic (exact) mass is 273 g/mol. The summed E-state index contributed by atoms with van der Waals surface area (Å²) in [7, 11) is 0. The summed E-state index contributed by atoms with van der Waals surface area (Å²) in [4.78, 5) is 4.41. The molecule has 1 aromatic heterocycles. The van der Waals surface area contributed by atoms with Crippen LogP contribution in [0.3, 0.4) is 0 Å². The second kappa shape index (κ2) is 4.94. The summed E-state index contributed by atoms with van der Waals surface area (Å²) in [6, 6.07) is 9.02. The summed E-state index contributed by atoms with van der Waals surface area (Å²) in [5.74, 6) is 0. The summed E-state index contributed by atoms with van der Waals surface area (Å²) in [5.41, 5.74) is 2.63. The summed E-state index contributed by atoms with van der Waals surface area (Å²) >= 11 is 1.71. The first kappa shape index (κ1) is 12.6. The zero-order valence-corrected chi connectivity index (χ0v) is 12.1. The van der Waals surface area contributed by atoms with Gasteiger partial charge in [-0.3, -0.25) is 0 Å². The van der Waals surface area contributed by atoms with Gasteiger partial charge in [0.05, 0.1) is 5.54 Å². The first-order valence-corrected chi connectivity index (χ1v) is 7.52. The molecule has 0 radical (unpaired) electrons. The number of nitrogens with one attached hydrogen (secondary N) is 2. The van der Waals surface area contributed by atoms with Crippen LogP contribution >= 0.6 is 11.3 Å². The lowest BCUT2D eigenvalue weighted by molar-refractivity contribution is 0.391. The van der Waals surface area contributed by atoms with E-state index in [2.05, 4.69) is 53.7 Å². The average molecular weight is 273 g/mol. The lowest BCUT2D eigenvalue weighted by atomic mass is 10.1. The topological polar surface area (TPSA) is 37.0 Å². The van der Waals surface area contributed by atoms with Crippen molar-refractivity contribution in [1.29, 1.82) is 0 Å². The number of aromatic nitrogens is 1. The van der Waals surface area contributed by atoms with Gasteiger partial charge in [0, 0.05) is 29.9 Å². The Balaban J connectivity index is 1.60. The molecule has 0 spiro atoms. The Kier molecular flexibility index (Phi) is 3.29. The van der Waals surface area contributed by atoms with Crippen molar-refractivity contribution in [3.8, 4) is 0 Å². The first-order chi connectivity index (χ1) is 9.15. The van der Waals surface area contributed by atoms with Crippen LogP contribution in [0, 0.1) is 0 Å². The molecule has 19 heavy (non-hydrogen) atoms. The Morgan fingerprint density at radius 1 is 1.42 bits per heavy atom. The standard InChI is InChI=1S/C15H19N3S/c1-15(2,14-16-7-8-19-14)17-10-12-9-11-5-3-4-6-13(11)18-12/h3-8,12,17-18H,9-10H2,1-2H3. The Morgan fingerprint density at radius 3 is 3.00 bits per heavy atom. The molecule has 1 unspecified atom stereocenters. The van der Waals surface area contributed by atoms with Gasteiger partial charge in [-0.15, -0.1) is 11.3 Å². The Labute approximate surface area is 118 Å². The van der Waals surface area contributed by atoms with Gasteiger partial charge in [-0.2, -0.15) is 0 Å². The van der Waals surface area contributed by atoms with Gasteiger partial charge in [-0.25, -0.2) is 4.98 Å². The van der Waals surface area contributed by atoms with Crippen molar-refractivity contribution in [2.75, 3.05) is 11.9 Å². The summed E-state index contributed by atoms with van der Waals surface area (Å²) in [6.07, 6.45) is 2.96. The van der Waals surface area contributed by atoms with Crippen LogP contribution in [-0.4, -0.2) is 17.6 Å². The van der Waals surface area contributed by atoms with Crippen LogP contribution in [0.25, 0.3) is 0 Å². The Hall–Kier alpha value is -1.39. The van der Waals surface area contributed by atoms with Crippen LogP contribution in [0.2, 0.25) is 0 Å². The number of hydrogen-bond acceptors (Lipinski definition) is 4. The SMILES string of the molecule is CC(C)(NCC1Cc2ccccc2N1)c1nccs1. The van der Waals surface area contributed by atoms with Gasteiger partial charge in [0.25, 0.3) is 0 Å². The van der Waals surface area contributed by atoms with Gasteiger partial charge in [-0.1, -0.05) is 18.2 Å². The van der Waals surface area contributed by atoms with E-state index < -0.39 is 0 Å². The first-order valence-electron chi connectivity index (χ1n) is 6.64. The molecule has 0 bridgehead atoms. The molecule has 0 amide bonds. The smallest absolute Gasteiger partial charge is 0.112 e. The largest absolute Gasteiger partial charge is 0.380 e. The van der Waals surface area contributed by atoms with E-state index in [4.69, 9.17) is 0 Å². The third-order valence-corrected chi connectivity index (χ3v) is 4.70. The molecule has 1 aromatic carbocycles. The molecule has 0 aliphatic carbocycles. The van der Waals surface area contributed by atoms with Crippen molar-refractivity contribution >= 4 is 17.0 Å². The number of anilines is 1. The molecule has 100 valence electrons. The van der Waals surface area contributed by atoms with E-state index in [0.29, 0.717) is 6.04 Å². The molecule has 2 N–H and O–H groups in total. The third-order valence-electron chi connectivity index (χ3n) is 3.60. The number of thiazole rings is 1. The zero-order chi connectivity index (χ0) is 13.3. The van der Waals surface area contributed by atoms with Crippen molar-refractivity contribution in [3.63, 3.8) is 0 Å². The van der Waals surface area contributed by atoms with Crippen molar-refractivity contribution in [2.45, 2.75) is 31.8 Å². The van der Waals surface area contributed by atoms with Crippen LogP contribution in [0.15, 0.2) is 35.8 Å². The molecule has 2 heterocycles. The van der Waals surface area contributed by atoms with Crippen LogP contribution in [-0.2, 0) is 12.0 Å². The lowest BCUT2D eigenvalue weighted by Crippen LogP contribution is -2.42. The summed E-state index contributed by atoms with van der Waals surface area (Å²) in [5, 5.41) is 10.4. The van der Waals surface area contributed by atoms with E-state index in [0.717, 1.165) is 18.0 Å². The highest BCUT2D eigenvalue weighted by atomic mass is 32.1. The average Bonchev–Trinajstić information content (AvgIpc) is 3.05. The maximum absolute atomic E-state index is 4.41. The van der Waals surface area contributed by atoms with Crippen molar-refractivity contribution in [3.05, 3.63) is 46.4 Å². The minimum Gasteiger partial charge on any atom is -0.380 e. The fourth-order valence-corrected chi connectivity index (χ4v) is 3.22. The number of hydrogen-bond donors (Lipinski definition) is 2. The molecule has 0 saturated heterocycles. The van der Waals surface area contributed by atoms with Gasteiger partial charge in [-0.05, 0) is 31.9 Å². The number of benzene rings is 1. The molecule has 3 rings (SSSR count). The second-order valence-electron chi connectivity index (χ2n) is 5.55. The van der Waals surface area contributed by atoms with E-state index in [1.807, 2.05) is 11.6 Å². The van der Waals surface area contributed by atoms with Gasteiger partial charge in [0.2, 0.25) is 0 Å². The van der Waals surface area contributed by atoms with Crippen LogP contribution in [0.4, 0.5) is 5.69 Å². The molecule has 3 nitrogen and oxygen atoms in total. The number of fused-ring (bicyclic) bond motifs is 1. The maximum atomic E-state index is 4.41. The zero-order valence-electron chi connectivity index (χ0n) is 11.3. The lowest BCUT2D eigenvalue weighted by Gasteiger charge is -2.26. The van der Waals surface area contributed by atoms with Gasteiger partial charge in [0.1, 0.15) is 5.01 Å². The molecule has 1 aliphatic heterocycles. The highest BCUT2D eigenvalue weighted by molar-refractivity contribution is 7.09. The number of rotatable bonds is 4. The fourth-order valence-electron chi connectivity index (χ4n) is 2.48. The molecule has 1 atom stereocenters. The Morgan fingerprint density at radius 2 is 2.26 bits per heavy atom. The van der Waals surface area contributed by atoms with Gasteiger partial charge >= 0.3 is 0 Å². The normalized spacial score (nSPS) is 18.1. The van der Waals surface area contributed by atoms with Gasteiger partial charge < -0.3 is 10.6 Å². The van der Waals surface area contributed by atoms with E-state index in [1.165, 1.54) is 11.3 Å². The predicted molar refractivity (Wildman–Crippen MR) is 80.7 cm³/mol. The fraction of sp³-hybridized carbons (Fsp3) is 0.400. The minimum absolute atomic E-state index is 0.0649. The third kappa shape index (κ3) is 2.65. The Bertz CT molecular complexity index is 523. The van der Waals surface area contributed by atoms with Crippen LogP contribution in [0.1, 0.15) is 24.4 Å². The second-order valence-corrected chi connectivity index (χ2v) is 6.44. The van der Waals surface area contributed by atoms with Crippen LogP contribution in [0.5, 0.6) is 0 Å². The molecule has 1 aliphatic rings. The minimum atomic E-state index is -0.0649. The molecule has 0 saturated carbocycles. The molecule has 4 heteroatoms. The molecule has 2 aromatic rings. The predicted octanol–water partition coefficient (Wildman–Crippen LogP) is 3.00. The van der Waals surface area contributed by atoms with Crippen molar-refractivity contribution in [2.24, 2.45) is 0 Å². The van der Waals surface area contributed by atoms with Crippen molar-refractivity contribution in [1.82, 2.24) is 10.3 Å². The quantitative estimate of drug-likeness (QED) is 0.899. The van der Waals surface area contributed by atoms with E-state index in [1.54, 1.807) is 11.3 Å². The van der Waals surface area contributed by atoms with Crippen molar-refractivity contribution < 1.29 is 0 Å². The molecular weight excluding hydrogens is 254 g/mol. The van der Waals surface area contributed by atoms with Gasteiger partial charge in [0.15, 0.2) is 0 Å². The number of nitrogens with zero attached hydrogens (tertiary/aromatic N) is 1.